The van der Waals surface area contributed by atoms with E-state index >= 15 is 0 Å². The van der Waals surface area contributed by atoms with E-state index in [0.717, 1.165) is 16.1 Å². The van der Waals surface area contributed by atoms with Gasteiger partial charge in [0.15, 0.2) is 5.76 Å². The number of methoxy groups -OCH3 is 1. The summed E-state index contributed by atoms with van der Waals surface area (Å²) in [6, 6.07) is 14.6. The first-order valence-corrected chi connectivity index (χ1v) is 12.1. The van der Waals surface area contributed by atoms with Crippen molar-refractivity contribution in [1.29, 1.82) is 0 Å². The summed E-state index contributed by atoms with van der Waals surface area (Å²) >= 11 is 1.26. The van der Waals surface area contributed by atoms with Crippen molar-refractivity contribution in [3.05, 3.63) is 92.1 Å². The summed E-state index contributed by atoms with van der Waals surface area (Å²) in [5.41, 5.74) is 3.59. The maximum absolute atomic E-state index is 13.5. The Labute approximate surface area is 208 Å². The molecule has 2 heterocycles. The van der Waals surface area contributed by atoms with Gasteiger partial charge >= 0.3 is 0 Å². The molecule has 0 aliphatic carbocycles. The smallest absolute Gasteiger partial charge is 0.290 e. The number of aryl methyl sites for hydroxylation is 3. The Balaban J connectivity index is 1.64. The summed E-state index contributed by atoms with van der Waals surface area (Å²) in [5.74, 6) is -0.834. The van der Waals surface area contributed by atoms with E-state index in [2.05, 4.69) is 4.98 Å². The van der Waals surface area contributed by atoms with Gasteiger partial charge in [0, 0.05) is 13.7 Å². The van der Waals surface area contributed by atoms with E-state index in [1.165, 1.54) is 16.2 Å². The van der Waals surface area contributed by atoms with Crippen LogP contribution in [0.15, 0.2) is 59.9 Å². The van der Waals surface area contributed by atoms with Gasteiger partial charge in [-0.1, -0.05) is 36.4 Å². The second kappa shape index (κ2) is 10.4. The summed E-state index contributed by atoms with van der Waals surface area (Å²) in [4.78, 5) is 32.7. The lowest BCUT2D eigenvalue weighted by Gasteiger charge is -2.26. The number of carbonyl (C=O) groups excluding carboxylic acids is 2. The summed E-state index contributed by atoms with van der Waals surface area (Å²) < 4.78 is 11.1. The number of benzene rings is 2. The van der Waals surface area contributed by atoms with Gasteiger partial charge in [-0.05, 0) is 49.6 Å². The number of aliphatic hydroxyl groups excluding tert-OH is 1. The fourth-order valence-corrected chi connectivity index (χ4v) is 5.07. The Kier molecular flexibility index (Phi) is 7.33. The van der Waals surface area contributed by atoms with E-state index in [9.17, 15) is 14.7 Å². The molecule has 8 heteroatoms. The van der Waals surface area contributed by atoms with Gasteiger partial charge in [0.1, 0.15) is 12.4 Å². The first kappa shape index (κ1) is 24.6. The molecule has 1 aliphatic rings. The quantitative estimate of drug-likeness (QED) is 0.429. The van der Waals surface area contributed by atoms with Crippen LogP contribution in [0.1, 0.15) is 43.1 Å². The van der Waals surface area contributed by atoms with Gasteiger partial charge in [-0.25, -0.2) is 4.98 Å². The number of rotatable bonds is 9. The lowest BCUT2D eigenvalue weighted by atomic mass is 9.95. The number of hydrogen-bond donors (Lipinski definition) is 1. The monoisotopic (exact) mass is 492 g/mol. The van der Waals surface area contributed by atoms with Crippen LogP contribution in [-0.2, 0) is 16.1 Å². The molecule has 182 valence electrons. The van der Waals surface area contributed by atoms with Crippen molar-refractivity contribution >= 4 is 23.0 Å². The van der Waals surface area contributed by atoms with E-state index in [-0.39, 0.29) is 24.5 Å². The molecule has 0 fully saturated rings. The van der Waals surface area contributed by atoms with Crippen molar-refractivity contribution in [3.8, 4) is 5.75 Å². The average molecular weight is 493 g/mol. The van der Waals surface area contributed by atoms with Crippen molar-refractivity contribution < 1.29 is 24.2 Å². The van der Waals surface area contributed by atoms with Gasteiger partial charge in [0.05, 0.1) is 33.8 Å². The Morgan fingerprint density at radius 3 is 2.46 bits per heavy atom. The molecule has 7 nitrogen and oxygen atoms in total. The standard InChI is InChI=1S/C27H28N2O5S/c1-16-7-5-6-8-20(16)15-34-21-11-9-19(10-12-21)23-22(24(30)26-17(2)28-18(3)35-26)25(31)27(32)29(23)13-14-33-4/h5-12,23,31H,13-15H2,1-4H3. The second-order valence-corrected chi connectivity index (χ2v) is 9.62. The van der Waals surface area contributed by atoms with E-state index in [0.29, 0.717) is 28.5 Å². The molecule has 0 saturated carbocycles. The minimum atomic E-state index is -0.739. The first-order chi connectivity index (χ1) is 16.8. The molecule has 0 spiro atoms. The Morgan fingerprint density at radius 2 is 1.83 bits per heavy atom. The highest BCUT2D eigenvalue weighted by atomic mass is 32.1. The normalized spacial score (nSPS) is 15.7. The van der Waals surface area contributed by atoms with Crippen LogP contribution in [0.2, 0.25) is 0 Å². The van der Waals surface area contributed by atoms with Crippen molar-refractivity contribution in [2.75, 3.05) is 20.3 Å². The number of amides is 1. The van der Waals surface area contributed by atoms with E-state index < -0.39 is 17.7 Å². The number of ether oxygens (including phenoxy) is 2. The van der Waals surface area contributed by atoms with Crippen LogP contribution in [0.3, 0.4) is 0 Å². The minimum Gasteiger partial charge on any atom is -0.503 e. The number of Topliss-reactive ketones (excluding diaryl/α,β-unsaturated/α-hetero) is 1. The summed E-state index contributed by atoms with van der Waals surface area (Å²) in [6.45, 7) is 6.55. The van der Waals surface area contributed by atoms with Crippen LogP contribution in [-0.4, -0.2) is 46.9 Å². The van der Waals surface area contributed by atoms with Crippen LogP contribution < -0.4 is 4.74 Å². The average Bonchev–Trinajstić information content (AvgIpc) is 3.32. The van der Waals surface area contributed by atoms with E-state index in [1.54, 1.807) is 14.0 Å². The molecule has 1 unspecified atom stereocenters. The predicted octanol–water partition coefficient (Wildman–Crippen LogP) is 4.87. The third-order valence-corrected chi connectivity index (χ3v) is 7.12. The van der Waals surface area contributed by atoms with E-state index in [4.69, 9.17) is 9.47 Å². The van der Waals surface area contributed by atoms with Gasteiger partial charge in [-0.3, -0.25) is 9.59 Å². The van der Waals surface area contributed by atoms with Gasteiger partial charge in [0.2, 0.25) is 5.78 Å². The molecule has 35 heavy (non-hydrogen) atoms. The van der Waals surface area contributed by atoms with Crippen molar-refractivity contribution in [3.63, 3.8) is 0 Å². The number of carbonyl (C=O) groups is 2. The van der Waals surface area contributed by atoms with Crippen molar-refractivity contribution in [1.82, 2.24) is 9.88 Å². The summed E-state index contributed by atoms with van der Waals surface area (Å²) in [5, 5.41) is 11.5. The van der Waals surface area contributed by atoms with Crippen LogP contribution in [0.25, 0.3) is 0 Å². The topological polar surface area (TPSA) is 89.0 Å². The number of nitrogens with zero attached hydrogens (tertiary/aromatic N) is 2. The molecule has 1 amide bonds. The van der Waals surface area contributed by atoms with Crippen LogP contribution in [0.4, 0.5) is 0 Å². The Bertz CT molecular complexity index is 1280. The van der Waals surface area contributed by atoms with Crippen molar-refractivity contribution in [2.24, 2.45) is 0 Å². The molecular formula is C27H28N2O5S. The van der Waals surface area contributed by atoms with E-state index in [1.807, 2.05) is 62.4 Å². The molecule has 3 aromatic rings. The number of thiazole rings is 1. The number of ketones is 1. The maximum atomic E-state index is 13.5. The largest absolute Gasteiger partial charge is 0.503 e. The molecule has 1 atom stereocenters. The fraction of sp³-hybridized carbons (Fsp3) is 0.296. The second-order valence-electron chi connectivity index (χ2n) is 8.42. The van der Waals surface area contributed by atoms with Crippen LogP contribution in [0.5, 0.6) is 5.75 Å². The lowest BCUT2D eigenvalue weighted by molar-refractivity contribution is -0.130. The molecule has 2 aromatic carbocycles. The molecule has 1 aromatic heterocycles. The highest BCUT2D eigenvalue weighted by Crippen LogP contribution is 2.40. The number of aliphatic hydroxyl groups is 1. The zero-order chi connectivity index (χ0) is 25.1. The Morgan fingerprint density at radius 1 is 1.11 bits per heavy atom. The fourth-order valence-electron chi connectivity index (χ4n) is 4.20. The predicted molar refractivity (Wildman–Crippen MR) is 134 cm³/mol. The first-order valence-electron chi connectivity index (χ1n) is 11.3. The highest BCUT2D eigenvalue weighted by Gasteiger charge is 2.44. The molecule has 0 saturated heterocycles. The number of hydrogen-bond acceptors (Lipinski definition) is 7. The third kappa shape index (κ3) is 4.99. The summed E-state index contributed by atoms with van der Waals surface area (Å²) in [7, 11) is 1.54. The zero-order valence-electron chi connectivity index (χ0n) is 20.2. The van der Waals surface area contributed by atoms with Crippen LogP contribution >= 0.6 is 11.3 Å². The third-order valence-electron chi connectivity index (χ3n) is 6.05. The van der Waals surface area contributed by atoms with Gasteiger partial charge in [-0.15, -0.1) is 11.3 Å². The van der Waals surface area contributed by atoms with Gasteiger partial charge < -0.3 is 19.5 Å². The molecular weight excluding hydrogens is 464 g/mol. The van der Waals surface area contributed by atoms with Gasteiger partial charge in [-0.2, -0.15) is 0 Å². The minimum absolute atomic E-state index is 0.0615. The molecule has 0 radical (unpaired) electrons. The molecule has 4 rings (SSSR count). The van der Waals surface area contributed by atoms with Gasteiger partial charge in [0.25, 0.3) is 5.91 Å². The van der Waals surface area contributed by atoms with Crippen molar-refractivity contribution in [2.45, 2.75) is 33.4 Å². The number of aromatic nitrogens is 1. The maximum Gasteiger partial charge on any atom is 0.290 e. The summed E-state index contributed by atoms with van der Waals surface area (Å²) in [6.07, 6.45) is 0. The SMILES string of the molecule is COCCN1C(=O)C(O)=C(C(=O)c2sc(C)nc2C)C1c1ccc(OCc2ccccc2C)cc1. The van der Waals surface area contributed by atoms with Crippen LogP contribution in [0, 0.1) is 20.8 Å². The lowest BCUT2D eigenvalue weighted by Crippen LogP contribution is -2.34. The molecule has 1 aliphatic heterocycles. The zero-order valence-corrected chi connectivity index (χ0v) is 21.0. The highest BCUT2D eigenvalue weighted by molar-refractivity contribution is 7.14. The molecule has 0 bridgehead atoms. The Hall–Kier alpha value is -3.49. The molecule has 1 N–H and O–H groups in total.